The maximum absolute atomic E-state index is 13.2. The highest BCUT2D eigenvalue weighted by Crippen LogP contribution is 2.22. The number of non-ortho nitro benzene ring substituents is 1. The summed E-state index contributed by atoms with van der Waals surface area (Å²) in [6, 6.07) is 5.04. The van der Waals surface area contributed by atoms with Crippen LogP contribution in [-0.2, 0) is 6.54 Å². The predicted octanol–water partition coefficient (Wildman–Crippen LogP) is 3.70. The van der Waals surface area contributed by atoms with Crippen LogP contribution in [0.2, 0.25) is 0 Å². The average molecular weight is 315 g/mol. The molecule has 0 unspecified atom stereocenters. The van der Waals surface area contributed by atoms with E-state index in [1.807, 2.05) is 0 Å². The lowest BCUT2D eigenvalue weighted by Crippen LogP contribution is -2.00. The summed E-state index contributed by atoms with van der Waals surface area (Å²) in [5.41, 5.74) is 0.0287. The molecule has 7 heteroatoms. The number of anilines is 1. The SMILES string of the molecule is O=[N+]([O-])c1cc(F)cc(NCc2occc2Br)c1. The first-order valence-corrected chi connectivity index (χ1v) is 5.76. The molecule has 2 rings (SSSR count). The van der Waals surface area contributed by atoms with E-state index in [9.17, 15) is 14.5 Å². The van der Waals surface area contributed by atoms with Crippen LogP contribution in [0.15, 0.2) is 39.4 Å². The van der Waals surface area contributed by atoms with Crippen molar-refractivity contribution in [2.24, 2.45) is 0 Å². The fraction of sp³-hybridized carbons (Fsp3) is 0.0909. The summed E-state index contributed by atoms with van der Waals surface area (Å²) in [5.74, 6) is -0.0351. The zero-order valence-electron chi connectivity index (χ0n) is 9.02. The molecule has 0 saturated heterocycles. The van der Waals surface area contributed by atoms with Gasteiger partial charge in [0.05, 0.1) is 28.3 Å². The summed E-state index contributed by atoms with van der Waals surface area (Å²) in [7, 11) is 0. The van der Waals surface area contributed by atoms with Crippen LogP contribution in [0.1, 0.15) is 5.76 Å². The van der Waals surface area contributed by atoms with Gasteiger partial charge in [-0.2, -0.15) is 0 Å². The van der Waals surface area contributed by atoms with Crippen LogP contribution in [0, 0.1) is 15.9 Å². The van der Waals surface area contributed by atoms with Gasteiger partial charge in [-0.3, -0.25) is 10.1 Å². The minimum absolute atomic E-state index is 0.295. The van der Waals surface area contributed by atoms with Crippen molar-refractivity contribution in [1.29, 1.82) is 0 Å². The minimum Gasteiger partial charge on any atom is -0.466 e. The average Bonchev–Trinajstić information content (AvgIpc) is 2.71. The number of nitro groups is 1. The van der Waals surface area contributed by atoms with Crippen molar-refractivity contribution in [3.63, 3.8) is 0 Å². The third-order valence-electron chi connectivity index (χ3n) is 2.24. The first kappa shape index (κ1) is 12.6. The number of hydrogen-bond donors (Lipinski definition) is 1. The van der Waals surface area contributed by atoms with E-state index in [4.69, 9.17) is 4.42 Å². The molecule has 1 heterocycles. The van der Waals surface area contributed by atoms with Crippen LogP contribution in [0.4, 0.5) is 15.8 Å². The molecule has 0 atom stereocenters. The fourth-order valence-corrected chi connectivity index (χ4v) is 1.76. The highest BCUT2D eigenvalue weighted by atomic mass is 79.9. The van der Waals surface area contributed by atoms with Crippen LogP contribution in [0.25, 0.3) is 0 Å². The van der Waals surface area contributed by atoms with Crippen molar-refractivity contribution in [1.82, 2.24) is 0 Å². The lowest BCUT2D eigenvalue weighted by molar-refractivity contribution is -0.385. The standard InChI is InChI=1S/C11H8BrFN2O3/c12-10-1-2-18-11(10)6-14-8-3-7(13)4-9(5-8)15(16)17/h1-5,14H,6H2. The van der Waals surface area contributed by atoms with E-state index in [0.717, 1.165) is 10.5 Å². The zero-order valence-corrected chi connectivity index (χ0v) is 10.6. The largest absolute Gasteiger partial charge is 0.466 e. The first-order valence-electron chi connectivity index (χ1n) is 4.97. The quantitative estimate of drug-likeness (QED) is 0.690. The third kappa shape index (κ3) is 2.86. The van der Waals surface area contributed by atoms with E-state index in [2.05, 4.69) is 21.2 Å². The highest BCUT2D eigenvalue weighted by molar-refractivity contribution is 9.10. The van der Waals surface area contributed by atoms with Crippen molar-refractivity contribution in [2.45, 2.75) is 6.54 Å². The van der Waals surface area contributed by atoms with Crippen LogP contribution in [0.3, 0.4) is 0 Å². The summed E-state index contributed by atoms with van der Waals surface area (Å²) < 4.78 is 19.1. The molecule has 0 saturated carbocycles. The Kier molecular flexibility index (Phi) is 3.61. The fourth-order valence-electron chi connectivity index (χ4n) is 1.42. The van der Waals surface area contributed by atoms with E-state index in [1.54, 1.807) is 6.07 Å². The van der Waals surface area contributed by atoms with Crippen molar-refractivity contribution in [3.8, 4) is 0 Å². The maximum Gasteiger partial charge on any atom is 0.274 e. The van der Waals surface area contributed by atoms with E-state index in [0.29, 0.717) is 18.0 Å². The second kappa shape index (κ2) is 5.18. The van der Waals surface area contributed by atoms with Gasteiger partial charge in [-0.25, -0.2) is 4.39 Å². The number of nitrogens with zero attached hydrogens (tertiary/aromatic N) is 1. The molecule has 0 fully saturated rings. The lowest BCUT2D eigenvalue weighted by Gasteiger charge is -2.05. The van der Waals surface area contributed by atoms with Crippen LogP contribution in [0.5, 0.6) is 0 Å². The van der Waals surface area contributed by atoms with Gasteiger partial charge in [-0.1, -0.05) is 0 Å². The van der Waals surface area contributed by atoms with Crippen molar-refractivity contribution >= 4 is 27.3 Å². The summed E-state index contributed by atoms with van der Waals surface area (Å²) in [6.07, 6.45) is 1.51. The van der Waals surface area contributed by atoms with Gasteiger partial charge in [0.25, 0.3) is 5.69 Å². The number of furan rings is 1. The topological polar surface area (TPSA) is 68.3 Å². The molecule has 0 amide bonds. The molecule has 5 nitrogen and oxygen atoms in total. The van der Waals surface area contributed by atoms with Crippen LogP contribution >= 0.6 is 15.9 Å². The molecular formula is C11H8BrFN2O3. The molecule has 18 heavy (non-hydrogen) atoms. The molecule has 1 aromatic heterocycles. The molecule has 2 aromatic rings. The number of rotatable bonds is 4. The molecule has 0 spiro atoms. The Morgan fingerprint density at radius 3 is 2.83 bits per heavy atom. The predicted molar refractivity (Wildman–Crippen MR) is 66.8 cm³/mol. The Morgan fingerprint density at radius 1 is 1.44 bits per heavy atom. The lowest BCUT2D eigenvalue weighted by atomic mass is 10.2. The first-order chi connectivity index (χ1) is 8.56. The minimum atomic E-state index is -0.662. The molecule has 0 aliphatic heterocycles. The normalized spacial score (nSPS) is 10.3. The molecule has 0 radical (unpaired) electrons. The molecule has 1 aromatic carbocycles. The number of nitrogens with one attached hydrogen (secondary N) is 1. The van der Waals surface area contributed by atoms with E-state index in [-0.39, 0.29) is 5.69 Å². The Balaban J connectivity index is 2.14. The number of benzene rings is 1. The summed E-state index contributed by atoms with van der Waals surface area (Å²) in [4.78, 5) is 9.94. The number of hydrogen-bond acceptors (Lipinski definition) is 4. The number of nitro benzene ring substituents is 1. The molecular weight excluding hydrogens is 307 g/mol. The van der Waals surface area contributed by atoms with Gasteiger partial charge in [0.1, 0.15) is 11.6 Å². The van der Waals surface area contributed by atoms with E-state index < -0.39 is 10.7 Å². The van der Waals surface area contributed by atoms with E-state index >= 15 is 0 Å². The van der Waals surface area contributed by atoms with Crippen molar-refractivity contribution in [3.05, 3.63) is 56.7 Å². The summed E-state index contributed by atoms with van der Waals surface area (Å²) in [5, 5.41) is 13.4. The Labute approximate surface area is 110 Å². The maximum atomic E-state index is 13.2. The van der Waals surface area contributed by atoms with Gasteiger partial charge in [-0.15, -0.1) is 0 Å². The summed E-state index contributed by atoms with van der Waals surface area (Å²) >= 11 is 3.28. The molecule has 0 aliphatic carbocycles. The van der Waals surface area contributed by atoms with Gasteiger partial charge < -0.3 is 9.73 Å². The molecule has 1 N–H and O–H groups in total. The Bertz CT molecular complexity index is 585. The second-order valence-corrected chi connectivity index (χ2v) is 4.35. The zero-order chi connectivity index (χ0) is 13.1. The van der Waals surface area contributed by atoms with Gasteiger partial charge >= 0.3 is 0 Å². The van der Waals surface area contributed by atoms with Gasteiger partial charge in [-0.05, 0) is 28.1 Å². The van der Waals surface area contributed by atoms with Gasteiger partial charge in [0.2, 0.25) is 0 Å². The number of halogens is 2. The van der Waals surface area contributed by atoms with Crippen molar-refractivity contribution in [2.75, 3.05) is 5.32 Å². The Hall–Kier alpha value is -1.89. The Morgan fingerprint density at radius 2 is 2.22 bits per heavy atom. The van der Waals surface area contributed by atoms with Gasteiger partial charge in [0, 0.05) is 11.8 Å². The molecule has 0 bridgehead atoms. The smallest absolute Gasteiger partial charge is 0.274 e. The third-order valence-corrected chi connectivity index (χ3v) is 2.94. The van der Waals surface area contributed by atoms with Gasteiger partial charge in [0.15, 0.2) is 0 Å². The van der Waals surface area contributed by atoms with Crippen LogP contribution in [-0.4, -0.2) is 4.92 Å². The highest BCUT2D eigenvalue weighted by Gasteiger charge is 2.10. The summed E-state index contributed by atoms with van der Waals surface area (Å²) in [6.45, 7) is 0.300. The second-order valence-electron chi connectivity index (χ2n) is 3.50. The molecule has 94 valence electrons. The molecule has 0 aliphatic rings. The van der Waals surface area contributed by atoms with E-state index in [1.165, 1.54) is 18.4 Å². The monoisotopic (exact) mass is 314 g/mol. The van der Waals surface area contributed by atoms with Crippen molar-refractivity contribution < 1.29 is 13.7 Å². The van der Waals surface area contributed by atoms with Crippen LogP contribution < -0.4 is 5.32 Å².